The van der Waals surface area contributed by atoms with E-state index in [4.69, 9.17) is 0 Å². The van der Waals surface area contributed by atoms with Crippen molar-refractivity contribution in [3.05, 3.63) is 52.6 Å². The highest BCUT2D eigenvalue weighted by Crippen LogP contribution is 2.13. The molecule has 0 fully saturated rings. The van der Waals surface area contributed by atoms with Crippen LogP contribution in [-0.2, 0) is 0 Å². The molecular weight excluding hydrogens is 222 g/mol. The van der Waals surface area contributed by atoms with Gasteiger partial charge >= 0.3 is 0 Å². The van der Waals surface area contributed by atoms with Gasteiger partial charge in [0.15, 0.2) is 0 Å². The molecule has 0 saturated carbocycles. The van der Waals surface area contributed by atoms with Crippen molar-refractivity contribution >= 4 is 11.4 Å². The number of aromatic nitrogens is 3. The number of hydrogen-bond acceptors (Lipinski definition) is 5. The van der Waals surface area contributed by atoms with E-state index in [0.29, 0.717) is 11.3 Å². The molecule has 1 heterocycles. The summed E-state index contributed by atoms with van der Waals surface area (Å²) in [5.41, 5.74) is 1.38. The van der Waals surface area contributed by atoms with Gasteiger partial charge in [0.25, 0.3) is 5.69 Å². The first-order chi connectivity index (χ1) is 8.16. The van der Waals surface area contributed by atoms with Crippen LogP contribution in [0.2, 0.25) is 0 Å². The topological polar surface area (TPSA) is 86.2 Å². The maximum absolute atomic E-state index is 10.6. The number of rotatable bonds is 3. The first-order valence-corrected chi connectivity index (χ1v) is 4.82. The predicted molar refractivity (Wildman–Crippen MR) is 60.7 cm³/mol. The van der Waals surface area contributed by atoms with Gasteiger partial charge in [-0.3, -0.25) is 10.1 Å². The number of nitrogens with zero attached hydrogens (tertiary/aromatic N) is 5. The molecule has 0 aliphatic carbocycles. The van der Waals surface area contributed by atoms with E-state index < -0.39 is 4.92 Å². The van der Waals surface area contributed by atoms with E-state index in [2.05, 4.69) is 15.3 Å². The molecular formula is C10H9N5O2. The van der Waals surface area contributed by atoms with Crippen LogP contribution in [0.1, 0.15) is 12.5 Å². The summed E-state index contributed by atoms with van der Waals surface area (Å²) >= 11 is 0. The molecule has 0 radical (unpaired) electrons. The van der Waals surface area contributed by atoms with Gasteiger partial charge in [-0.1, -0.05) is 12.1 Å². The lowest BCUT2D eigenvalue weighted by Gasteiger charge is -2.00. The van der Waals surface area contributed by atoms with Gasteiger partial charge in [0.05, 0.1) is 10.6 Å². The molecule has 1 aromatic carbocycles. The van der Waals surface area contributed by atoms with Crippen LogP contribution in [0, 0.1) is 10.1 Å². The minimum Gasteiger partial charge on any atom is -0.258 e. The highest BCUT2D eigenvalue weighted by atomic mass is 16.6. The third-order valence-corrected chi connectivity index (χ3v) is 2.15. The van der Waals surface area contributed by atoms with Gasteiger partial charge in [-0.15, -0.1) is 10.2 Å². The van der Waals surface area contributed by atoms with Gasteiger partial charge in [0, 0.05) is 17.7 Å². The van der Waals surface area contributed by atoms with E-state index in [9.17, 15) is 10.1 Å². The molecule has 0 unspecified atom stereocenters. The molecule has 86 valence electrons. The normalized spacial score (nSPS) is 11.5. The molecule has 0 saturated heterocycles. The Morgan fingerprint density at radius 2 is 2.12 bits per heavy atom. The van der Waals surface area contributed by atoms with Crippen LogP contribution in [0.4, 0.5) is 5.69 Å². The fourth-order valence-corrected chi connectivity index (χ4v) is 1.32. The van der Waals surface area contributed by atoms with Crippen LogP contribution in [0.15, 0.2) is 42.0 Å². The van der Waals surface area contributed by atoms with Gasteiger partial charge in [-0.05, 0) is 6.92 Å². The van der Waals surface area contributed by atoms with E-state index >= 15 is 0 Å². The maximum Gasteiger partial charge on any atom is 0.270 e. The Balaban J connectivity index is 2.34. The zero-order valence-electron chi connectivity index (χ0n) is 9.02. The van der Waals surface area contributed by atoms with E-state index in [-0.39, 0.29) is 5.69 Å². The minimum absolute atomic E-state index is 0.0424. The van der Waals surface area contributed by atoms with E-state index in [0.717, 1.165) is 0 Å². The SMILES string of the molecule is CC(=Nn1cnnc1)c1cccc([N+](=O)[O-])c1. The smallest absolute Gasteiger partial charge is 0.258 e. The number of hydrogen-bond donors (Lipinski definition) is 0. The first kappa shape index (κ1) is 10.9. The fourth-order valence-electron chi connectivity index (χ4n) is 1.32. The molecule has 0 bridgehead atoms. The Kier molecular flexibility index (Phi) is 2.91. The van der Waals surface area contributed by atoms with Gasteiger partial charge in [0.1, 0.15) is 12.7 Å². The highest BCUT2D eigenvalue weighted by molar-refractivity contribution is 5.99. The lowest BCUT2D eigenvalue weighted by molar-refractivity contribution is -0.384. The second kappa shape index (κ2) is 4.52. The van der Waals surface area contributed by atoms with Crippen LogP contribution < -0.4 is 0 Å². The average Bonchev–Trinajstić information content (AvgIpc) is 2.82. The average molecular weight is 231 g/mol. The first-order valence-electron chi connectivity index (χ1n) is 4.82. The summed E-state index contributed by atoms with van der Waals surface area (Å²) in [4.78, 5) is 10.2. The summed E-state index contributed by atoms with van der Waals surface area (Å²) in [5.74, 6) is 0. The summed E-state index contributed by atoms with van der Waals surface area (Å²) in [6.07, 6.45) is 2.89. The number of non-ortho nitro benzene ring substituents is 1. The summed E-state index contributed by atoms with van der Waals surface area (Å²) in [6, 6.07) is 6.30. The van der Waals surface area contributed by atoms with E-state index in [1.54, 1.807) is 19.1 Å². The molecule has 7 heteroatoms. The van der Waals surface area contributed by atoms with Gasteiger partial charge in [-0.2, -0.15) is 5.10 Å². The predicted octanol–water partition coefficient (Wildman–Crippen LogP) is 1.46. The molecule has 0 aliphatic rings. The van der Waals surface area contributed by atoms with Crippen molar-refractivity contribution in [1.82, 2.24) is 14.9 Å². The minimum atomic E-state index is -0.435. The Hall–Kier alpha value is -2.57. The Morgan fingerprint density at radius 3 is 2.76 bits per heavy atom. The number of benzene rings is 1. The van der Waals surface area contributed by atoms with Crippen molar-refractivity contribution in [3.8, 4) is 0 Å². The Bertz CT molecular complexity index is 562. The van der Waals surface area contributed by atoms with Crippen LogP contribution in [-0.4, -0.2) is 25.5 Å². The highest BCUT2D eigenvalue weighted by Gasteiger charge is 2.07. The molecule has 1 aromatic heterocycles. The molecule has 7 nitrogen and oxygen atoms in total. The van der Waals surface area contributed by atoms with Crippen molar-refractivity contribution < 1.29 is 4.92 Å². The molecule has 0 N–H and O–H groups in total. The van der Waals surface area contributed by atoms with Crippen molar-refractivity contribution in [3.63, 3.8) is 0 Å². The second-order valence-corrected chi connectivity index (χ2v) is 3.33. The zero-order valence-corrected chi connectivity index (χ0v) is 9.02. The van der Waals surface area contributed by atoms with Gasteiger partial charge in [0.2, 0.25) is 0 Å². The maximum atomic E-state index is 10.6. The summed E-state index contributed by atoms with van der Waals surface area (Å²) in [5, 5.41) is 22.0. The summed E-state index contributed by atoms with van der Waals surface area (Å²) < 4.78 is 1.44. The van der Waals surface area contributed by atoms with Gasteiger partial charge in [-0.25, -0.2) is 4.68 Å². The van der Waals surface area contributed by atoms with Crippen LogP contribution in [0.25, 0.3) is 0 Å². The third kappa shape index (κ3) is 2.51. The fraction of sp³-hybridized carbons (Fsp3) is 0.100. The largest absolute Gasteiger partial charge is 0.270 e. The van der Waals surface area contributed by atoms with Crippen LogP contribution in [0.5, 0.6) is 0 Å². The third-order valence-electron chi connectivity index (χ3n) is 2.15. The van der Waals surface area contributed by atoms with E-state index in [1.807, 2.05) is 0 Å². The molecule has 2 aromatic rings. The molecule has 2 rings (SSSR count). The molecule has 0 atom stereocenters. The second-order valence-electron chi connectivity index (χ2n) is 3.33. The number of nitro benzene ring substituents is 1. The Morgan fingerprint density at radius 1 is 1.41 bits per heavy atom. The van der Waals surface area contributed by atoms with Crippen molar-refractivity contribution in [2.24, 2.45) is 5.10 Å². The molecule has 0 aliphatic heterocycles. The van der Waals surface area contributed by atoms with Gasteiger partial charge < -0.3 is 0 Å². The number of nitro groups is 1. The lowest BCUT2D eigenvalue weighted by atomic mass is 10.1. The Labute approximate surface area is 96.6 Å². The monoisotopic (exact) mass is 231 g/mol. The van der Waals surface area contributed by atoms with Crippen molar-refractivity contribution in [2.45, 2.75) is 6.92 Å². The standard InChI is InChI=1S/C10H9N5O2/c1-8(13-14-6-11-12-7-14)9-3-2-4-10(5-9)15(16)17/h2-7H,1H3. The van der Waals surface area contributed by atoms with Crippen molar-refractivity contribution in [2.75, 3.05) is 0 Å². The molecule has 17 heavy (non-hydrogen) atoms. The lowest BCUT2D eigenvalue weighted by Crippen LogP contribution is -1.99. The van der Waals surface area contributed by atoms with Crippen LogP contribution in [0.3, 0.4) is 0 Å². The zero-order chi connectivity index (χ0) is 12.3. The molecule has 0 amide bonds. The van der Waals surface area contributed by atoms with Crippen molar-refractivity contribution in [1.29, 1.82) is 0 Å². The van der Waals surface area contributed by atoms with Crippen LogP contribution >= 0.6 is 0 Å². The molecule has 0 spiro atoms. The summed E-state index contributed by atoms with van der Waals surface area (Å²) in [6.45, 7) is 1.76. The van der Waals surface area contributed by atoms with E-state index in [1.165, 1.54) is 29.5 Å². The summed E-state index contributed by atoms with van der Waals surface area (Å²) in [7, 11) is 0. The quantitative estimate of drug-likeness (QED) is 0.454.